The summed E-state index contributed by atoms with van der Waals surface area (Å²) in [5, 5.41) is 1.34. The van der Waals surface area contributed by atoms with Crippen LogP contribution in [0.25, 0.3) is 0 Å². The molecule has 1 saturated heterocycles. The van der Waals surface area contributed by atoms with E-state index in [4.69, 9.17) is 4.98 Å². The average Bonchev–Trinajstić information content (AvgIpc) is 3.17. The number of likely N-dealkylation sites (tertiary alicyclic amines) is 1. The van der Waals surface area contributed by atoms with Gasteiger partial charge in [0.05, 0.1) is 12.2 Å². The van der Waals surface area contributed by atoms with Crippen LogP contribution < -0.4 is 0 Å². The van der Waals surface area contributed by atoms with Gasteiger partial charge in [0.25, 0.3) is 0 Å². The number of imidazole rings is 1. The highest BCUT2D eigenvalue weighted by Gasteiger charge is 2.23. The van der Waals surface area contributed by atoms with Crippen LogP contribution in [0.4, 0.5) is 0 Å². The van der Waals surface area contributed by atoms with E-state index in [1.54, 1.807) is 4.88 Å². The molecule has 5 heteroatoms. The SMILES string of the molecule is Cn1ccnc1CC1CCCN(Cc2nc3c(s2)CCC3)C1. The van der Waals surface area contributed by atoms with Gasteiger partial charge in [-0.3, -0.25) is 4.90 Å². The fraction of sp³-hybridized carbons (Fsp3) is 0.647. The summed E-state index contributed by atoms with van der Waals surface area (Å²) in [6.45, 7) is 3.47. The van der Waals surface area contributed by atoms with Gasteiger partial charge in [-0.1, -0.05) is 0 Å². The van der Waals surface area contributed by atoms with E-state index < -0.39 is 0 Å². The molecule has 1 aliphatic carbocycles. The van der Waals surface area contributed by atoms with Crippen LogP contribution in [0.2, 0.25) is 0 Å². The molecule has 2 aromatic heterocycles. The second-order valence-corrected chi connectivity index (χ2v) is 7.90. The van der Waals surface area contributed by atoms with Crippen molar-refractivity contribution in [2.45, 2.75) is 45.1 Å². The maximum atomic E-state index is 4.86. The molecule has 22 heavy (non-hydrogen) atoms. The van der Waals surface area contributed by atoms with E-state index in [1.165, 1.54) is 61.7 Å². The summed E-state index contributed by atoms with van der Waals surface area (Å²) in [6.07, 6.45) is 11.5. The average molecular weight is 316 g/mol. The van der Waals surface area contributed by atoms with Crippen molar-refractivity contribution in [3.05, 3.63) is 33.8 Å². The number of aryl methyl sites for hydroxylation is 3. The van der Waals surface area contributed by atoms with Crippen LogP contribution in [-0.4, -0.2) is 32.5 Å². The Balaban J connectivity index is 1.37. The third-order valence-electron chi connectivity index (χ3n) is 4.99. The normalized spacial score (nSPS) is 22.1. The summed E-state index contributed by atoms with van der Waals surface area (Å²) in [7, 11) is 2.10. The maximum Gasteiger partial charge on any atom is 0.108 e. The smallest absolute Gasteiger partial charge is 0.108 e. The van der Waals surface area contributed by atoms with Crippen molar-refractivity contribution in [2.75, 3.05) is 13.1 Å². The highest BCUT2D eigenvalue weighted by Crippen LogP contribution is 2.29. The lowest BCUT2D eigenvalue weighted by Gasteiger charge is -2.32. The molecule has 3 heterocycles. The zero-order valence-electron chi connectivity index (χ0n) is 13.3. The first-order chi connectivity index (χ1) is 10.8. The molecule has 118 valence electrons. The molecule has 0 bridgehead atoms. The fourth-order valence-electron chi connectivity index (χ4n) is 3.82. The first kappa shape index (κ1) is 14.4. The molecule has 1 aliphatic heterocycles. The molecule has 1 atom stereocenters. The topological polar surface area (TPSA) is 34.0 Å². The summed E-state index contributed by atoms with van der Waals surface area (Å²) < 4.78 is 2.16. The zero-order valence-corrected chi connectivity index (χ0v) is 14.1. The van der Waals surface area contributed by atoms with E-state index in [1.807, 2.05) is 23.7 Å². The Morgan fingerprint density at radius 2 is 2.27 bits per heavy atom. The van der Waals surface area contributed by atoms with E-state index in [-0.39, 0.29) is 0 Å². The Bertz CT molecular complexity index is 623. The second-order valence-electron chi connectivity index (χ2n) is 6.73. The number of fused-ring (bicyclic) bond motifs is 1. The van der Waals surface area contributed by atoms with E-state index in [2.05, 4.69) is 21.5 Å². The standard InChI is InChI=1S/C17H24N4S/c1-20-9-7-18-16(20)10-13-4-3-8-21(11-13)12-17-19-14-5-2-6-15(14)22-17/h7,9,13H,2-6,8,10-12H2,1H3. The Hall–Kier alpha value is -1.20. The molecule has 2 aromatic rings. The van der Waals surface area contributed by atoms with E-state index in [0.29, 0.717) is 0 Å². The van der Waals surface area contributed by atoms with Gasteiger partial charge in [-0.2, -0.15) is 0 Å². The van der Waals surface area contributed by atoms with Crippen LogP contribution in [0, 0.1) is 5.92 Å². The maximum absolute atomic E-state index is 4.86. The van der Waals surface area contributed by atoms with E-state index in [0.717, 1.165) is 18.9 Å². The molecule has 0 saturated carbocycles. The predicted octanol–water partition coefficient (Wildman–Crippen LogP) is 2.82. The first-order valence-electron chi connectivity index (χ1n) is 8.44. The number of rotatable bonds is 4. The van der Waals surface area contributed by atoms with Gasteiger partial charge in [-0.15, -0.1) is 11.3 Å². The molecule has 0 radical (unpaired) electrons. The molecular weight excluding hydrogens is 292 g/mol. The highest BCUT2D eigenvalue weighted by molar-refractivity contribution is 7.11. The molecule has 1 fully saturated rings. The summed E-state index contributed by atoms with van der Waals surface area (Å²) in [6, 6.07) is 0. The van der Waals surface area contributed by atoms with Crippen LogP contribution in [-0.2, 0) is 32.9 Å². The molecule has 0 aromatic carbocycles. The second kappa shape index (κ2) is 6.13. The number of hydrogen-bond acceptors (Lipinski definition) is 4. The number of thiazole rings is 1. The third kappa shape index (κ3) is 2.97. The van der Waals surface area contributed by atoms with Gasteiger partial charge in [0.1, 0.15) is 10.8 Å². The van der Waals surface area contributed by atoms with Crippen molar-refractivity contribution in [2.24, 2.45) is 13.0 Å². The monoisotopic (exact) mass is 316 g/mol. The number of aromatic nitrogens is 3. The molecule has 1 unspecified atom stereocenters. The Kier molecular flexibility index (Phi) is 4.01. The van der Waals surface area contributed by atoms with Gasteiger partial charge in [-0.05, 0) is 44.6 Å². The Morgan fingerprint density at radius 1 is 1.32 bits per heavy atom. The number of hydrogen-bond donors (Lipinski definition) is 0. The van der Waals surface area contributed by atoms with Crippen molar-refractivity contribution in [1.82, 2.24) is 19.4 Å². The van der Waals surface area contributed by atoms with Crippen LogP contribution in [0.15, 0.2) is 12.4 Å². The van der Waals surface area contributed by atoms with Gasteiger partial charge < -0.3 is 4.57 Å². The Labute approximate surface area is 136 Å². The van der Waals surface area contributed by atoms with Crippen molar-refractivity contribution in [1.29, 1.82) is 0 Å². The minimum absolute atomic E-state index is 0.738. The molecule has 0 spiro atoms. The number of piperidine rings is 1. The zero-order chi connectivity index (χ0) is 14.9. The van der Waals surface area contributed by atoms with Crippen LogP contribution in [0.5, 0.6) is 0 Å². The summed E-state index contributed by atoms with van der Waals surface area (Å²) in [5.41, 5.74) is 1.39. The molecule has 2 aliphatic rings. The third-order valence-corrected chi connectivity index (χ3v) is 6.14. The fourth-order valence-corrected chi connectivity index (χ4v) is 5.01. The Morgan fingerprint density at radius 3 is 3.09 bits per heavy atom. The van der Waals surface area contributed by atoms with Gasteiger partial charge in [0.2, 0.25) is 0 Å². The van der Waals surface area contributed by atoms with Crippen molar-refractivity contribution < 1.29 is 0 Å². The van der Waals surface area contributed by atoms with Crippen molar-refractivity contribution >= 4 is 11.3 Å². The molecule has 0 N–H and O–H groups in total. The van der Waals surface area contributed by atoms with E-state index in [9.17, 15) is 0 Å². The predicted molar refractivity (Wildman–Crippen MR) is 89.1 cm³/mol. The summed E-state index contributed by atoms with van der Waals surface area (Å²) >= 11 is 1.96. The molecule has 0 amide bonds. The van der Waals surface area contributed by atoms with Crippen molar-refractivity contribution in [3.63, 3.8) is 0 Å². The lowest BCUT2D eigenvalue weighted by Crippen LogP contribution is -2.36. The number of nitrogens with zero attached hydrogens (tertiary/aromatic N) is 4. The van der Waals surface area contributed by atoms with Crippen LogP contribution in [0.1, 0.15) is 40.7 Å². The summed E-state index contributed by atoms with van der Waals surface area (Å²) in [4.78, 5) is 13.5. The lowest BCUT2D eigenvalue weighted by atomic mass is 9.94. The quantitative estimate of drug-likeness (QED) is 0.870. The summed E-state index contributed by atoms with van der Waals surface area (Å²) in [5.74, 6) is 1.96. The van der Waals surface area contributed by atoms with Crippen LogP contribution >= 0.6 is 11.3 Å². The minimum atomic E-state index is 0.738. The molecular formula is C17H24N4S. The van der Waals surface area contributed by atoms with Gasteiger partial charge in [0.15, 0.2) is 0 Å². The van der Waals surface area contributed by atoms with E-state index >= 15 is 0 Å². The highest BCUT2D eigenvalue weighted by atomic mass is 32.1. The van der Waals surface area contributed by atoms with Crippen LogP contribution in [0.3, 0.4) is 0 Å². The first-order valence-corrected chi connectivity index (χ1v) is 9.25. The van der Waals surface area contributed by atoms with Gasteiger partial charge >= 0.3 is 0 Å². The van der Waals surface area contributed by atoms with Gasteiger partial charge in [-0.25, -0.2) is 9.97 Å². The minimum Gasteiger partial charge on any atom is -0.338 e. The largest absolute Gasteiger partial charge is 0.338 e. The van der Waals surface area contributed by atoms with Gasteiger partial charge in [0, 0.05) is 37.3 Å². The lowest BCUT2D eigenvalue weighted by molar-refractivity contribution is 0.165. The molecule has 4 rings (SSSR count). The van der Waals surface area contributed by atoms with Crippen molar-refractivity contribution in [3.8, 4) is 0 Å². The molecule has 4 nitrogen and oxygen atoms in total.